The van der Waals surface area contributed by atoms with Crippen LogP contribution in [0, 0.1) is 0 Å². The SMILES string of the molecule is C=C(F)C(=O)Cc1ccc2c(-c3ccccc3CNc3nc(N[C@H]4CCCNC4)nc4c(C(C)C)cnn34)nccc2c1. The molecule has 3 N–H and O–H groups in total. The number of aromatic nitrogens is 5. The van der Waals surface area contributed by atoms with Gasteiger partial charge in [0.1, 0.15) is 0 Å². The van der Waals surface area contributed by atoms with E-state index in [2.05, 4.69) is 47.5 Å². The minimum Gasteiger partial charge on any atom is -0.350 e. The highest BCUT2D eigenvalue weighted by atomic mass is 19.1. The standard InChI is InChI=1S/C33H35FN8O/c1-20(2)28-19-38-42-31(28)40-32(39-25-8-6-13-35-18-25)41-33(42)37-17-24-7-4-5-9-26(24)30-27-11-10-22(16-29(43)21(3)34)15-23(27)12-14-36-30/h4-5,7,9-12,14-15,19-20,25,35H,3,6,8,13,16-18H2,1-2H3,(H2,37,39,40,41)/t25-/m0/s1. The molecule has 9 nitrogen and oxygen atoms in total. The summed E-state index contributed by atoms with van der Waals surface area (Å²) in [5.74, 6) is -0.0944. The number of anilines is 2. The number of hydrogen-bond acceptors (Lipinski definition) is 8. The second-order valence-electron chi connectivity index (χ2n) is 11.3. The molecular weight excluding hydrogens is 543 g/mol. The molecule has 0 spiro atoms. The van der Waals surface area contributed by atoms with Gasteiger partial charge in [-0.1, -0.05) is 62.9 Å². The monoisotopic (exact) mass is 578 g/mol. The highest BCUT2D eigenvalue weighted by Crippen LogP contribution is 2.31. The Morgan fingerprint density at radius 3 is 2.84 bits per heavy atom. The van der Waals surface area contributed by atoms with Crippen LogP contribution in [-0.4, -0.2) is 49.5 Å². The fraction of sp³-hybridized carbons (Fsp3) is 0.303. The number of nitrogens with one attached hydrogen (secondary N) is 3. The molecule has 0 bridgehead atoms. The van der Waals surface area contributed by atoms with Crippen LogP contribution in [0.3, 0.4) is 0 Å². The van der Waals surface area contributed by atoms with E-state index in [1.807, 2.05) is 48.7 Å². The third kappa shape index (κ3) is 6.10. The van der Waals surface area contributed by atoms with E-state index < -0.39 is 11.6 Å². The van der Waals surface area contributed by atoms with Crippen molar-refractivity contribution < 1.29 is 9.18 Å². The van der Waals surface area contributed by atoms with Crippen molar-refractivity contribution in [3.63, 3.8) is 0 Å². The first kappa shape index (κ1) is 28.4. The van der Waals surface area contributed by atoms with E-state index in [4.69, 9.17) is 15.0 Å². The fourth-order valence-corrected chi connectivity index (χ4v) is 5.55. The Bertz CT molecular complexity index is 1810. The zero-order valence-electron chi connectivity index (χ0n) is 24.4. The lowest BCUT2D eigenvalue weighted by Crippen LogP contribution is -2.38. The molecule has 0 unspecified atom stereocenters. The van der Waals surface area contributed by atoms with Gasteiger partial charge in [-0.15, -0.1) is 0 Å². The summed E-state index contributed by atoms with van der Waals surface area (Å²) < 4.78 is 15.1. The number of rotatable bonds is 10. The smallest absolute Gasteiger partial charge is 0.229 e. The molecule has 6 rings (SSSR count). The number of halogens is 1. The lowest BCUT2D eigenvalue weighted by molar-refractivity contribution is -0.116. The topological polar surface area (TPSA) is 109 Å². The molecule has 43 heavy (non-hydrogen) atoms. The van der Waals surface area contributed by atoms with Gasteiger partial charge in [-0.25, -0.2) is 4.39 Å². The Morgan fingerprint density at radius 2 is 2.05 bits per heavy atom. The van der Waals surface area contributed by atoms with Crippen LogP contribution in [0.5, 0.6) is 0 Å². The summed E-state index contributed by atoms with van der Waals surface area (Å²) in [5.41, 5.74) is 5.40. The second-order valence-corrected chi connectivity index (χ2v) is 11.3. The highest BCUT2D eigenvalue weighted by molar-refractivity contribution is 5.98. The molecule has 4 heterocycles. The van der Waals surface area contributed by atoms with Crippen molar-refractivity contribution in [3.05, 3.63) is 90.0 Å². The molecule has 3 aromatic heterocycles. The van der Waals surface area contributed by atoms with Crippen LogP contribution in [0.25, 0.3) is 27.7 Å². The molecule has 0 aliphatic carbocycles. The number of carbonyl (C=O) groups excluding carboxylic acids is 1. The largest absolute Gasteiger partial charge is 0.350 e. The predicted octanol–water partition coefficient (Wildman–Crippen LogP) is 5.83. The van der Waals surface area contributed by atoms with Crippen LogP contribution in [0.15, 0.2) is 73.3 Å². The van der Waals surface area contributed by atoms with Gasteiger partial charge in [-0.3, -0.25) is 9.78 Å². The van der Waals surface area contributed by atoms with Gasteiger partial charge in [0.25, 0.3) is 0 Å². The van der Waals surface area contributed by atoms with E-state index in [0.717, 1.165) is 70.3 Å². The Labute approximate surface area is 249 Å². The molecular formula is C33H35FN8O. The van der Waals surface area contributed by atoms with Crippen LogP contribution in [0.4, 0.5) is 16.3 Å². The summed E-state index contributed by atoms with van der Waals surface area (Å²) in [6.45, 7) is 9.78. The van der Waals surface area contributed by atoms with E-state index in [9.17, 15) is 9.18 Å². The first-order valence-electron chi connectivity index (χ1n) is 14.7. The maximum Gasteiger partial charge on any atom is 0.229 e. The van der Waals surface area contributed by atoms with Gasteiger partial charge in [0, 0.05) is 48.3 Å². The predicted molar refractivity (Wildman–Crippen MR) is 168 cm³/mol. The summed E-state index contributed by atoms with van der Waals surface area (Å²) in [4.78, 5) is 26.3. The molecule has 1 atom stereocenters. The van der Waals surface area contributed by atoms with E-state index in [0.29, 0.717) is 18.4 Å². The molecule has 1 fully saturated rings. The van der Waals surface area contributed by atoms with E-state index in [1.54, 1.807) is 10.7 Å². The lowest BCUT2D eigenvalue weighted by Gasteiger charge is -2.24. The highest BCUT2D eigenvalue weighted by Gasteiger charge is 2.19. The Balaban J connectivity index is 1.32. The van der Waals surface area contributed by atoms with Gasteiger partial charge in [0.2, 0.25) is 11.9 Å². The third-order valence-electron chi connectivity index (χ3n) is 7.85. The van der Waals surface area contributed by atoms with Gasteiger partial charge in [-0.2, -0.15) is 19.6 Å². The molecule has 220 valence electrons. The molecule has 0 saturated carbocycles. The van der Waals surface area contributed by atoms with Gasteiger partial charge in [0.15, 0.2) is 17.3 Å². The number of piperidine rings is 1. The number of hydrogen-bond donors (Lipinski definition) is 3. The Morgan fingerprint density at radius 1 is 1.19 bits per heavy atom. The van der Waals surface area contributed by atoms with Gasteiger partial charge >= 0.3 is 0 Å². The van der Waals surface area contributed by atoms with Crippen LogP contribution >= 0.6 is 0 Å². The first-order chi connectivity index (χ1) is 20.9. The summed E-state index contributed by atoms with van der Waals surface area (Å²) in [7, 11) is 0. The Hall–Kier alpha value is -4.70. The van der Waals surface area contributed by atoms with Crippen molar-refractivity contribution in [3.8, 4) is 11.3 Å². The average molecular weight is 579 g/mol. The lowest BCUT2D eigenvalue weighted by atomic mass is 9.97. The number of Topliss-reactive ketones (excluding diaryl/α,β-unsaturated/α-hetero) is 1. The molecule has 0 radical (unpaired) electrons. The summed E-state index contributed by atoms with van der Waals surface area (Å²) in [5, 5.41) is 17.0. The fourth-order valence-electron chi connectivity index (χ4n) is 5.55. The van der Waals surface area contributed by atoms with Crippen molar-refractivity contribution >= 4 is 34.1 Å². The van der Waals surface area contributed by atoms with Gasteiger partial charge in [-0.05, 0) is 47.9 Å². The van der Waals surface area contributed by atoms with Crippen LogP contribution < -0.4 is 16.0 Å². The number of pyridine rings is 1. The van der Waals surface area contributed by atoms with Crippen molar-refractivity contribution in [2.75, 3.05) is 23.7 Å². The number of fused-ring (bicyclic) bond motifs is 2. The van der Waals surface area contributed by atoms with Crippen LogP contribution in [0.2, 0.25) is 0 Å². The van der Waals surface area contributed by atoms with E-state index >= 15 is 0 Å². The maximum atomic E-state index is 13.3. The van der Waals surface area contributed by atoms with Crippen molar-refractivity contribution in [2.45, 2.75) is 51.6 Å². The maximum absolute atomic E-state index is 13.3. The first-order valence-corrected chi connectivity index (χ1v) is 14.7. The molecule has 1 saturated heterocycles. The number of ketones is 1. The molecule has 1 aliphatic heterocycles. The summed E-state index contributed by atoms with van der Waals surface area (Å²) in [6, 6.07) is 16.0. The number of benzene rings is 2. The zero-order valence-corrected chi connectivity index (χ0v) is 24.4. The summed E-state index contributed by atoms with van der Waals surface area (Å²) >= 11 is 0. The molecule has 5 aromatic rings. The summed E-state index contributed by atoms with van der Waals surface area (Å²) in [6.07, 6.45) is 5.77. The Kier molecular flexibility index (Phi) is 8.11. The number of allylic oxidation sites excluding steroid dienone is 1. The molecule has 10 heteroatoms. The minimum atomic E-state index is -0.928. The number of nitrogens with zero attached hydrogens (tertiary/aromatic N) is 5. The van der Waals surface area contributed by atoms with Crippen molar-refractivity contribution in [2.24, 2.45) is 0 Å². The normalized spacial score (nSPS) is 15.2. The van der Waals surface area contributed by atoms with Crippen molar-refractivity contribution in [1.82, 2.24) is 29.9 Å². The molecule has 0 amide bonds. The van der Waals surface area contributed by atoms with Gasteiger partial charge in [0.05, 0.1) is 11.9 Å². The quantitative estimate of drug-likeness (QED) is 0.178. The number of carbonyl (C=O) groups is 1. The molecule has 2 aromatic carbocycles. The van der Waals surface area contributed by atoms with Gasteiger partial charge < -0.3 is 16.0 Å². The van der Waals surface area contributed by atoms with E-state index in [-0.39, 0.29) is 18.4 Å². The van der Waals surface area contributed by atoms with Crippen LogP contribution in [-0.2, 0) is 17.8 Å². The van der Waals surface area contributed by atoms with Crippen LogP contribution in [0.1, 0.15) is 49.3 Å². The third-order valence-corrected chi connectivity index (χ3v) is 7.85. The molecule has 1 aliphatic rings. The average Bonchev–Trinajstić information content (AvgIpc) is 3.45. The zero-order chi connectivity index (χ0) is 29.9. The second kappa shape index (κ2) is 12.3. The van der Waals surface area contributed by atoms with Crippen molar-refractivity contribution in [1.29, 1.82) is 0 Å². The minimum absolute atomic E-state index is 0.0309. The van der Waals surface area contributed by atoms with E-state index in [1.165, 1.54) is 0 Å².